The monoisotopic (exact) mass is 427 g/mol. The molecule has 4 heterocycles. The van der Waals surface area contributed by atoms with Gasteiger partial charge in [-0.15, -0.1) is 0 Å². The van der Waals surface area contributed by atoms with Gasteiger partial charge in [-0.2, -0.15) is 0 Å². The van der Waals surface area contributed by atoms with Crippen LogP contribution >= 0.6 is 11.6 Å². The standard InChI is InChI=1S/C25H22ClN5/c1-19-12-22(16-30(19)15-21-6-9-25(26)27-13-21)24-17-31(18-28-24)23-7-4-20(5-8-23)14-29-10-2-3-11-29/h2-13,16-18H,14-15H2,1H3. The molecule has 5 aromatic rings. The Balaban J connectivity index is 1.33. The smallest absolute Gasteiger partial charge is 0.129 e. The summed E-state index contributed by atoms with van der Waals surface area (Å²) in [5, 5.41) is 0.511. The fraction of sp³-hybridized carbons (Fsp3) is 0.120. The molecule has 0 aliphatic heterocycles. The van der Waals surface area contributed by atoms with Crippen molar-refractivity contribution < 1.29 is 0 Å². The lowest BCUT2D eigenvalue weighted by Gasteiger charge is -2.06. The molecule has 0 radical (unpaired) electrons. The van der Waals surface area contributed by atoms with Crippen molar-refractivity contribution in [2.24, 2.45) is 0 Å². The second-order valence-corrected chi connectivity index (χ2v) is 8.06. The number of nitrogens with zero attached hydrogens (tertiary/aromatic N) is 5. The van der Waals surface area contributed by atoms with Gasteiger partial charge in [-0.05, 0) is 54.4 Å². The van der Waals surface area contributed by atoms with Crippen LogP contribution in [0.3, 0.4) is 0 Å². The minimum atomic E-state index is 0.511. The molecule has 5 nitrogen and oxygen atoms in total. The third-order valence-corrected chi connectivity index (χ3v) is 5.62. The molecule has 0 bridgehead atoms. The lowest BCUT2D eigenvalue weighted by Crippen LogP contribution is -2.00. The van der Waals surface area contributed by atoms with E-state index in [1.807, 2.05) is 36.8 Å². The molecular formula is C25H22ClN5. The van der Waals surface area contributed by atoms with Gasteiger partial charge in [0.2, 0.25) is 0 Å². The second kappa shape index (κ2) is 8.28. The highest BCUT2D eigenvalue weighted by atomic mass is 35.5. The van der Waals surface area contributed by atoms with E-state index >= 15 is 0 Å². The third-order valence-electron chi connectivity index (χ3n) is 5.40. The van der Waals surface area contributed by atoms with Crippen molar-refractivity contribution in [3.63, 3.8) is 0 Å². The molecule has 154 valence electrons. The van der Waals surface area contributed by atoms with Crippen LogP contribution in [-0.4, -0.2) is 23.7 Å². The minimum Gasteiger partial charge on any atom is -0.350 e. The number of rotatable bonds is 6. The summed E-state index contributed by atoms with van der Waals surface area (Å²) in [6, 6.07) is 18.7. The topological polar surface area (TPSA) is 40.6 Å². The highest BCUT2D eigenvalue weighted by Gasteiger charge is 2.09. The van der Waals surface area contributed by atoms with Gasteiger partial charge in [0.15, 0.2) is 0 Å². The highest BCUT2D eigenvalue weighted by molar-refractivity contribution is 6.29. The first-order valence-corrected chi connectivity index (χ1v) is 10.5. The number of hydrogen-bond donors (Lipinski definition) is 0. The van der Waals surface area contributed by atoms with Crippen molar-refractivity contribution in [1.29, 1.82) is 0 Å². The maximum atomic E-state index is 5.89. The lowest BCUT2D eigenvalue weighted by atomic mass is 10.2. The summed E-state index contributed by atoms with van der Waals surface area (Å²) in [5.41, 5.74) is 6.70. The van der Waals surface area contributed by atoms with Crippen molar-refractivity contribution in [3.05, 3.63) is 114 Å². The van der Waals surface area contributed by atoms with Crippen LogP contribution in [0.2, 0.25) is 5.15 Å². The zero-order valence-corrected chi connectivity index (χ0v) is 17.9. The van der Waals surface area contributed by atoms with E-state index in [9.17, 15) is 0 Å². The number of benzene rings is 1. The van der Waals surface area contributed by atoms with Crippen LogP contribution in [0.5, 0.6) is 0 Å². The molecule has 4 aromatic heterocycles. The molecule has 0 amide bonds. The van der Waals surface area contributed by atoms with Crippen LogP contribution in [0.25, 0.3) is 16.9 Å². The Morgan fingerprint density at radius 1 is 0.871 bits per heavy atom. The first kappa shape index (κ1) is 19.4. The first-order chi connectivity index (χ1) is 15.1. The van der Waals surface area contributed by atoms with E-state index in [1.165, 1.54) is 11.3 Å². The zero-order chi connectivity index (χ0) is 21.2. The number of aryl methyl sites for hydroxylation is 1. The van der Waals surface area contributed by atoms with Crippen molar-refractivity contribution in [1.82, 2.24) is 23.7 Å². The second-order valence-electron chi connectivity index (χ2n) is 7.68. The average molecular weight is 428 g/mol. The molecule has 31 heavy (non-hydrogen) atoms. The average Bonchev–Trinajstić information content (AvgIpc) is 3.53. The number of halogens is 1. The molecule has 1 aromatic carbocycles. The van der Waals surface area contributed by atoms with Gasteiger partial charge in [-0.25, -0.2) is 9.97 Å². The Hall–Kier alpha value is -3.57. The van der Waals surface area contributed by atoms with Crippen LogP contribution in [-0.2, 0) is 13.1 Å². The van der Waals surface area contributed by atoms with Crippen molar-refractivity contribution >= 4 is 11.6 Å². The van der Waals surface area contributed by atoms with E-state index in [-0.39, 0.29) is 0 Å². The molecular weight excluding hydrogens is 406 g/mol. The Bertz CT molecular complexity index is 1280. The molecule has 0 saturated carbocycles. The number of aromatic nitrogens is 5. The number of imidazole rings is 1. The molecule has 0 fully saturated rings. The minimum absolute atomic E-state index is 0.511. The molecule has 6 heteroatoms. The predicted octanol–water partition coefficient (Wildman–Crippen LogP) is 5.60. The molecule has 0 N–H and O–H groups in total. The molecule has 0 spiro atoms. The lowest BCUT2D eigenvalue weighted by molar-refractivity contribution is 0.773. The van der Waals surface area contributed by atoms with E-state index in [0.29, 0.717) is 5.15 Å². The molecule has 0 saturated heterocycles. The molecule has 0 aliphatic carbocycles. The molecule has 0 unspecified atom stereocenters. The summed E-state index contributed by atoms with van der Waals surface area (Å²) in [6.07, 6.45) is 12.0. The maximum absolute atomic E-state index is 5.89. The fourth-order valence-electron chi connectivity index (χ4n) is 3.69. The quantitative estimate of drug-likeness (QED) is 0.331. The Kier molecular flexibility index (Phi) is 5.18. The van der Waals surface area contributed by atoms with Crippen molar-refractivity contribution in [2.45, 2.75) is 20.0 Å². The molecule has 0 aliphatic rings. The van der Waals surface area contributed by atoms with Gasteiger partial charge in [-0.1, -0.05) is 29.8 Å². The largest absolute Gasteiger partial charge is 0.350 e. The maximum Gasteiger partial charge on any atom is 0.129 e. The van der Waals surface area contributed by atoms with Crippen LogP contribution in [0, 0.1) is 6.92 Å². The molecule has 5 rings (SSSR count). The Morgan fingerprint density at radius 2 is 1.65 bits per heavy atom. The Labute approximate surface area is 186 Å². The van der Waals surface area contributed by atoms with Crippen molar-refractivity contribution in [2.75, 3.05) is 0 Å². The van der Waals surface area contributed by atoms with E-state index < -0.39 is 0 Å². The summed E-state index contributed by atoms with van der Waals surface area (Å²) in [7, 11) is 0. The van der Waals surface area contributed by atoms with Gasteiger partial charge < -0.3 is 13.7 Å². The first-order valence-electron chi connectivity index (χ1n) is 10.2. The van der Waals surface area contributed by atoms with Gasteiger partial charge in [0.25, 0.3) is 0 Å². The van der Waals surface area contributed by atoms with Crippen LogP contribution in [0.4, 0.5) is 0 Å². The van der Waals surface area contributed by atoms with Crippen molar-refractivity contribution in [3.8, 4) is 16.9 Å². The molecule has 0 atom stereocenters. The zero-order valence-electron chi connectivity index (χ0n) is 17.2. The summed E-state index contributed by atoms with van der Waals surface area (Å²) in [4.78, 5) is 8.80. The van der Waals surface area contributed by atoms with Gasteiger partial charge >= 0.3 is 0 Å². The van der Waals surface area contributed by atoms with Gasteiger partial charge in [0.1, 0.15) is 5.15 Å². The van der Waals surface area contributed by atoms with Crippen LogP contribution in [0.15, 0.2) is 91.9 Å². The Morgan fingerprint density at radius 3 is 2.39 bits per heavy atom. The van der Waals surface area contributed by atoms with Gasteiger partial charge in [0.05, 0.1) is 12.0 Å². The van der Waals surface area contributed by atoms with E-state index in [4.69, 9.17) is 11.6 Å². The van der Waals surface area contributed by atoms with E-state index in [1.54, 1.807) is 0 Å². The third kappa shape index (κ3) is 4.32. The highest BCUT2D eigenvalue weighted by Crippen LogP contribution is 2.23. The number of hydrogen-bond acceptors (Lipinski definition) is 2. The SMILES string of the molecule is Cc1cc(-c2cn(-c3ccc(Cn4cccc4)cc3)cn2)cn1Cc1ccc(Cl)nc1. The van der Waals surface area contributed by atoms with Gasteiger partial charge in [0, 0.05) is 61.0 Å². The summed E-state index contributed by atoms with van der Waals surface area (Å²) < 4.78 is 6.43. The summed E-state index contributed by atoms with van der Waals surface area (Å²) in [5.74, 6) is 0. The normalized spacial score (nSPS) is 11.2. The fourth-order valence-corrected chi connectivity index (χ4v) is 3.81. The van der Waals surface area contributed by atoms with E-state index in [0.717, 1.165) is 35.6 Å². The summed E-state index contributed by atoms with van der Waals surface area (Å²) >= 11 is 5.89. The van der Waals surface area contributed by atoms with Crippen LogP contribution in [0.1, 0.15) is 16.8 Å². The predicted molar refractivity (Wildman–Crippen MR) is 124 cm³/mol. The van der Waals surface area contributed by atoms with Gasteiger partial charge in [-0.3, -0.25) is 0 Å². The van der Waals surface area contributed by atoms with E-state index in [2.05, 4.69) is 85.7 Å². The summed E-state index contributed by atoms with van der Waals surface area (Å²) in [6.45, 7) is 3.73. The van der Waals surface area contributed by atoms with Crippen LogP contribution < -0.4 is 0 Å². The number of pyridine rings is 1.